The Balaban J connectivity index is 2.04. The first-order valence-electron chi connectivity index (χ1n) is 5.84. The molecule has 18 heavy (non-hydrogen) atoms. The van der Waals surface area contributed by atoms with Crippen LogP contribution < -0.4 is 5.32 Å². The third kappa shape index (κ3) is 3.44. The molecule has 1 atom stereocenters. The molecule has 5 heteroatoms. The molecule has 1 aliphatic carbocycles. The van der Waals surface area contributed by atoms with Crippen LogP contribution in [0, 0.1) is 9.49 Å². The third-order valence-corrected chi connectivity index (χ3v) is 4.00. The summed E-state index contributed by atoms with van der Waals surface area (Å²) in [6.07, 6.45) is 2.08. The van der Waals surface area contributed by atoms with Gasteiger partial charge in [0.1, 0.15) is 6.04 Å². The van der Waals surface area contributed by atoms with Gasteiger partial charge in [-0.3, -0.25) is 4.79 Å². The highest BCUT2D eigenvalue weighted by atomic mass is 127. The fourth-order valence-electron chi connectivity index (χ4n) is 1.72. The van der Waals surface area contributed by atoms with Crippen LogP contribution in [0.2, 0.25) is 0 Å². The van der Waals surface area contributed by atoms with E-state index in [2.05, 4.69) is 27.9 Å². The van der Waals surface area contributed by atoms with Crippen LogP contribution in [0.15, 0.2) is 24.3 Å². The van der Waals surface area contributed by atoms with E-state index in [4.69, 9.17) is 5.11 Å². The number of carbonyl (C=O) groups excluding carboxylic acids is 1. The van der Waals surface area contributed by atoms with E-state index < -0.39 is 12.0 Å². The standard InChI is InChI=1S/C13H14INO3/c14-10-4-2-1-3-9(10)7-11(13(17)18)15-12(16)8-5-6-8/h1-4,8,11H,5-7H2,(H,15,16)(H,17,18)/t11-/m0/s1. The fraction of sp³-hybridized carbons (Fsp3) is 0.385. The number of rotatable bonds is 5. The Morgan fingerprint density at radius 3 is 2.61 bits per heavy atom. The minimum absolute atomic E-state index is 0.0293. The Bertz CT molecular complexity index is 471. The van der Waals surface area contributed by atoms with Crippen molar-refractivity contribution >= 4 is 34.5 Å². The van der Waals surface area contributed by atoms with E-state index in [-0.39, 0.29) is 11.8 Å². The monoisotopic (exact) mass is 359 g/mol. The van der Waals surface area contributed by atoms with Crippen molar-refractivity contribution in [1.29, 1.82) is 0 Å². The van der Waals surface area contributed by atoms with Crippen LogP contribution in [0.1, 0.15) is 18.4 Å². The normalized spacial score (nSPS) is 16.1. The van der Waals surface area contributed by atoms with Crippen LogP contribution in [0.25, 0.3) is 0 Å². The molecule has 2 rings (SSSR count). The number of carboxylic acid groups (broad SMARTS) is 1. The van der Waals surface area contributed by atoms with Gasteiger partial charge in [-0.15, -0.1) is 0 Å². The number of amides is 1. The molecule has 0 bridgehead atoms. The summed E-state index contributed by atoms with van der Waals surface area (Å²) in [5.74, 6) is -1.08. The Morgan fingerprint density at radius 1 is 1.39 bits per heavy atom. The summed E-state index contributed by atoms with van der Waals surface area (Å²) >= 11 is 2.17. The minimum Gasteiger partial charge on any atom is -0.480 e. The molecule has 0 radical (unpaired) electrons. The zero-order valence-electron chi connectivity index (χ0n) is 9.73. The number of carbonyl (C=O) groups is 2. The van der Waals surface area contributed by atoms with Gasteiger partial charge in [0.25, 0.3) is 0 Å². The van der Waals surface area contributed by atoms with Crippen molar-refractivity contribution in [2.75, 3.05) is 0 Å². The first-order valence-corrected chi connectivity index (χ1v) is 6.92. The number of hydrogen-bond acceptors (Lipinski definition) is 2. The predicted octanol–water partition coefficient (Wildman–Crippen LogP) is 1.81. The number of hydrogen-bond donors (Lipinski definition) is 2. The molecular formula is C13H14INO3. The van der Waals surface area contributed by atoms with E-state index in [1.807, 2.05) is 24.3 Å². The van der Waals surface area contributed by atoms with Gasteiger partial charge in [-0.05, 0) is 47.1 Å². The lowest BCUT2D eigenvalue weighted by molar-refractivity contribution is -0.142. The van der Waals surface area contributed by atoms with Crippen molar-refractivity contribution < 1.29 is 14.7 Å². The SMILES string of the molecule is O=C(N[C@@H](Cc1ccccc1I)C(=O)O)C1CC1. The summed E-state index contributed by atoms with van der Waals surface area (Å²) in [6, 6.07) is 6.76. The number of carboxylic acids is 1. The van der Waals surface area contributed by atoms with E-state index in [9.17, 15) is 9.59 Å². The van der Waals surface area contributed by atoms with Crippen molar-refractivity contribution in [1.82, 2.24) is 5.32 Å². The second-order valence-electron chi connectivity index (χ2n) is 4.47. The van der Waals surface area contributed by atoms with Gasteiger partial charge in [-0.1, -0.05) is 18.2 Å². The van der Waals surface area contributed by atoms with Gasteiger partial charge in [0.2, 0.25) is 5.91 Å². The Morgan fingerprint density at radius 2 is 2.06 bits per heavy atom. The molecule has 2 N–H and O–H groups in total. The highest BCUT2D eigenvalue weighted by molar-refractivity contribution is 14.1. The van der Waals surface area contributed by atoms with Crippen LogP contribution in [-0.2, 0) is 16.0 Å². The third-order valence-electron chi connectivity index (χ3n) is 2.94. The fourth-order valence-corrected chi connectivity index (χ4v) is 2.33. The van der Waals surface area contributed by atoms with E-state index in [1.54, 1.807) is 0 Å². The molecular weight excluding hydrogens is 345 g/mol. The van der Waals surface area contributed by atoms with Crippen molar-refractivity contribution in [3.8, 4) is 0 Å². The maximum Gasteiger partial charge on any atom is 0.326 e. The second kappa shape index (κ2) is 5.69. The molecule has 0 aliphatic heterocycles. The average molecular weight is 359 g/mol. The van der Waals surface area contributed by atoms with Gasteiger partial charge in [0.05, 0.1) is 0 Å². The average Bonchev–Trinajstić information content (AvgIpc) is 3.14. The number of halogens is 1. The minimum atomic E-state index is -0.983. The summed E-state index contributed by atoms with van der Waals surface area (Å²) in [4.78, 5) is 22.8. The lowest BCUT2D eigenvalue weighted by Gasteiger charge is -2.15. The Kier molecular flexibility index (Phi) is 4.21. The van der Waals surface area contributed by atoms with Crippen molar-refractivity contribution in [3.63, 3.8) is 0 Å². The second-order valence-corrected chi connectivity index (χ2v) is 5.63. The zero-order chi connectivity index (χ0) is 13.1. The molecule has 0 heterocycles. The van der Waals surface area contributed by atoms with Crippen LogP contribution in [-0.4, -0.2) is 23.0 Å². The van der Waals surface area contributed by atoms with Crippen LogP contribution in [0.5, 0.6) is 0 Å². The van der Waals surface area contributed by atoms with Gasteiger partial charge in [0, 0.05) is 15.9 Å². The topological polar surface area (TPSA) is 66.4 Å². The Labute approximate surface area is 119 Å². The van der Waals surface area contributed by atoms with Crippen LogP contribution in [0.4, 0.5) is 0 Å². The lowest BCUT2D eigenvalue weighted by Crippen LogP contribution is -2.43. The zero-order valence-corrected chi connectivity index (χ0v) is 11.9. The Hall–Kier alpha value is -1.11. The van der Waals surface area contributed by atoms with Gasteiger partial charge in [0.15, 0.2) is 0 Å². The number of benzene rings is 1. The van der Waals surface area contributed by atoms with Crippen molar-refractivity contribution in [3.05, 3.63) is 33.4 Å². The highest BCUT2D eigenvalue weighted by Crippen LogP contribution is 2.29. The number of aliphatic carboxylic acids is 1. The van der Waals surface area contributed by atoms with Gasteiger partial charge in [-0.2, -0.15) is 0 Å². The molecule has 1 saturated carbocycles. The summed E-state index contributed by atoms with van der Waals surface area (Å²) < 4.78 is 1.02. The van der Waals surface area contributed by atoms with Crippen molar-refractivity contribution in [2.24, 2.45) is 5.92 Å². The van der Waals surface area contributed by atoms with Crippen LogP contribution >= 0.6 is 22.6 Å². The smallest absolute Gasteiger partial charge is 0.326 e. The molecule has 96 valence electrons. The first kappa shape index (κ1) is 13.3. The molecule has 0 spiro atoms. The summed E-state index contributed by atoms with van der Waals surface area (Å²) in [6.45, 7) is 0. The molecule has 1 fully saturated rings. The molecule has 0 unspecified atom stereocenters. The summed E-state index contributed by atoms with van der Waals surface area (Å²) in [7, 11) is 0. The summed E-state index contributed by atoms with van der Waals surface area (Å²) in [5.41, 5.74) is 0.946. The quantitative estimate of drug-likeness (QED) is 0.789. The van der Waals surface area contributed by atoms with E-state index in [0.717, 1.165) is 22.0 Å². The van der Waals surface area contributed by atoms with E-state index >= 15 is 0 Å². The van der Waals surface area contributed by atoms with Crippen LogP contribution in [0.3, 0.4) is 0 Å². The van der Waals surface area contributed by atoms with E-state index in [1.165, 1.54) is 0 Å². The first-order chi connectivity index (χ1) is 8.58. The van der Waals surface area contributed by atoms with Crippen molar-refractivity contribution in [2.45, 2.75) is 25.3 Å². The molecule has 0 aromatic heterocycles. The van der Waals surface area contributed by atoms with Gasteiger partial charge in [-0.25, -0.2) is 4.79 Å². The highest BCUT2D eigenvalue weighted by Gasteiger charge is 2.32. The number of nitrogens with one attached hydrogen (secondary N) is 1. The molecule has 0 saturated heterocycles. The van der Waals surface area contributed by atoms with Gasteiger partial charge >= 0.3 is 5.97 Å². The molecule has 4 nitrogen and oxygen atoms in total. The molecule has 1 aromatic rings. The summed E-state index contributed by atoms with van der Waals surface area (Å²) in [5, 5.41) is 11.8. The largest absolute Gasteiger partial charge is 0.480 e. The predicted molar refractivity (Wildman–Crippen MR) is 75.2 cm³/mol. The maximum absolute atomic E-state index is 11.6. The molecule has 1 aromatic carbocycles. The molecule has 1 aliphatic rings. The lowest BCUT2D eigenvalue weighted by atomic mass is 10.1. The van der Waals surface area contributed by atoms with E-state index in [0.29, 0.717) is 6.42 Å². The van der Waals surface area contributed by atoms with Gasteiger partial charge < -0.3 is 10.4 Å². The maximum atomic E-state index is 11.6. The molecule has 1 amide bonds.